The first-order chi connectivity index (χ1) is 36.0. The predicted molar refractivity (Wildman–Crippen MR) is 269 cm³/mol. The van der Waals surface area contributed by atoms with Crippen molar-refractivity contribution < 1.29 is 109 Å². The topological polar surface area (TPSA) is 357 Å². The van der Waals surface area contributed by atoms with Crippen molar-refractivity contribution in [1.29, 1.82) is 0 Å². The highest BCUT2D eigenvalue weighted by atomic mass is 16.8. The third kappa shape index (κ3) is 11.1. The Morgan fingerprint density at radius 2 is 1.13 bits per heavy atom. The van der Waals surface area contributed by atoms with Crippen LogP contribution in [0.2, 0.25) is 0 Å². The lowest BCUT2D eigenvalue weighted by Gasteiger charge is -2.66. The van der Waals surface area contributed by atoms with Crippen molar-refractivity contribution in [2.75, 3.05) is 19.8 Å². The minimum absolute atomic E-state index is 0.00857. The lowest BCUT2D eigenvalue weighted by molar-refractivity contribution is -0.374. The maximum Gasteiger partial charge on any atom is 0.187 e. The maximum atomic E-state index is 11.6. The average molecular weight is 1110 g/mol. The molecule has 0 amide bonds. The van der Waals surface area contributed by atoms with E-state index in [1.54, 1.807) is 20.8 Å². The van der Waals surface area contributed by atoms with E-state index in [4.69, 9.17) is 37.9 Å². The summed E-state index contributed by atoms with van der Waals surface area (Å²) in [5, 5.41) is 149. The van der Waals surface area contributed by atoms with Gasteiger partial charge in [-0.15, -0.1) is 0 Å². The monoisotopic (exact) mass is 1110 g/mol. The molecule has 7 fully saturated rings. The molecule has 0 spiro atoms. The average Bonchev–Trinajstić information content (AvgIpc) is 3.83. The molecule has 8 rings (SSSR count). The summed E-state index contributed by atoms with van der Waals surface area (Å²) in [6, 6.07) is 0. The van der Waals surface area contributed by atoms with Gasteiger partial charge in [-0.3, -0.25) is 0 Å². The largest absolute Gasteiger partial charge is 0.394 e. The third-order valence-corrected chi connectivity index (χ3v) is 20.9. The van der Waals surface area contributed by atoms with Gasteiger partial charge in [-0.1, -0.05) is 60.1 Å². The summed E-state index contributed by atoms with van der Waals surface area (Å²) in [5.41, 5.74) is -0.684. The Hall–Kier alpha value is -1.14. The minimum atomic E-state index is -1.78. The van der Waals surface area contributed by atoms with Gasteiger partial charge >= 0.3 is 0 Å². The van der Waals surface area contributed by atoms with Gasteiger partial charge < -0.3 is 109 Å². The van der Waals surface area contributed by atoms with Crippen molar-refractivity contribution in [1.82, 2.24) is 0 Å². The smallest absolute Gasteiger partial charge is 0.187 e. The van der Waals surface area contributed by atoms with Crippen LogP contribution in [0.3, 0.4) is 0 Å². The van der Waals surface area contributed by atoms with Crippen molar-refractivity contribution in [2.24, 2.45) is 45.3 Å². The van der Waals surface area contributed by atoms with E-state index in [0.717, 1.165) is 38.5 Å². The maximum absolute atomic E-state index is 11.6. The van der Waals surface area contributed by atoms with E-state index in [9.17, 15) is 71.5 Å². The Kier molecular flexibility index (Phi) is 18.9. The molecule has 446 valence electrons. The molecule has 22 nitrogen and oxygen atoms in total. The Bertz CT molecular complexity index is 1990. The van der Waals surface area contributed by atoms with E-state index in [0.29, 0.717) is 37.5 Å². The third-order valence-electron chi connectivity index (χ3n) is 20.9. The number of aliphatic hydroxyl groups is 14. The van der Waals surface area contributed by atoms with Gasteiger partial charge in [0.25, 0.3) is 0 Å². The Morgan fingerprint density at radius 3 is 1.71 bits per heavy atom. The van der Waals surface area contributed by atoms with Crippen LogP contribution in [0.15, 0.2) is 11.6 Å². The second kappa shape index (κ2) is 23.5. The van der Waals surface area contributed by atoms with Crippen molar-refractivity contribution in [3.63, 3.8) is 0 Å². The number of aliphatic hydroxyl groups excluding tert-OH is 13. The fourth-order valence-electron chi connectivity index (χ4n) is 15.8. The van der Waals surface area contributed by atoms with Crippen LogP contribution in [-0.2, 0) is 37.9 Å². The summed E-state index contributed by atoms with van der Waals surface area (Å²) >= 11 is 0. The summed E-state index contributed by atoms with van der Waals surface area (Å²) in [7, 11) is 0. The lowest BCUT2D eigenvalue weighted by Crippen LogP contribution is -2.64. The second-order valence-corrected chi connectivity index (χ2v) is 26.0. The van der Waals surface area contributed by atoms with Crippen LogP contribution in [0.4, 0.5) is 0 Å². The molecule has 4 heterocycles. The highest BCUT2D eigenvalue weighted by Crippen LogP contribution is 2.75. The molecule has 22 heteroatoms. The van der Waals surface area contributed by atoms with Gasteiger partial charge in [0.15, 0.2) is 25.2 Å². The van der Waals surface area contributed by atoms with Crippen molar-refractivity contribution >= 4 is 0 Å². The van der Waals surface area contributed by atoms with Crippen LogP contribution in [0.25, 0.3) is 0 Å². The van der Waals surface area contributed by atoms with Crippen LogP contribution < -0.4 is 0 Å². The van der Waals surface area contributed by atoms with E-state index >= 15 is 0 Å². The standard InChI is InChI=1S/C55H94O22/c1-10-28-35(58)42(65)46(77-49-45(68)40(63)37(60)30(22-57)73-49)50(71-28)76-34(52(5,6)69)15-11-24(2)25-17-18-55(9)32-14-12-26-27(53(32,7)19-20-54(25,55)8)13-16-33(51(26,3)4)75-48-44(67)41(64)38(61)31(74-48)23-70-47-43(66)39(62)36(59)29(21-56)72-47/h12,24-25,27-50,56-69H,10-11,13-23H2,1-9H3/t24?,25?,27-,28-,29-,30-,31-,32-,33+,34-,35-,36-,37-,38-,39+,40+,41+,42+,43-,44-,45-,46-,47-,48+,49+,50+,53+,54-,55+/m1/s1. The van der Waals surface area contributed by atoms with E-state index < -0.39 is 166 Å². The second-order valence-electron chi connectivity index (χ2n) is 26.0. The molecular formula is C55H94O22. The zero-order valence-electron chi connectivity index (χ0n) is 46.3. The number of fused-ring (bicyclic) bond motifs is 5. The molecule has 29 atom stereocenters. The van der Waals surface area contributed by atoms with E-state index in [-0.39, 0.29) is 28.1 Å². The van der Waals surface area contributed by atoms with Gasteiger partial charge in [-0.05, 0) is 118 Å². The number of hydrogen-bond donors (Lipinski definition) is 14. The van der Waals surface area contributed by atoms with Crippen LogP contribution in [0, 0.1) is 45.3 Å². The molecule has 0 radical (unpaired) electrons. The van der Waals surface area contributed by atoms with Crippen LogP contribution in [-0.4, -0.2) is 232 Å². The molecule has 3 saturated carbocycles. The summed E-state index contributed by atoms with van der Waals surface area (Å²) in [5.74, 6) is 1.19. The van der Waals surface area contributed by atoms with Crippen molar-refractivity contribution in [3.8, 4) is 0 Å². The van der Waals surface area contributed by atoms with Crippen molar-refractivity contribution in [3.05, 3.63) is 11.6 Å². The van der Waals surface area contributed by atoms with Gasteiger partial charge in [0.2, 0.25) is 0 Å². The Morgan fingerprint density at radius 1 is 0.597 bits per heavy atom. The van der Waals surface area contributed by atoms with Crippen LogP contribution in [0.1, 0.15) is 127 Å². The molecule has 0 aromatic heterocycles. The SMILES string of the molecule is CC[C@H]1O[C@@H](O[C@H](CCC(C)C2CC[C@@]3(C)[C@@H]4CC=C5[C@@H](CC[C@H](O[C@@H]6O[C@H](CO[C@@H]7O[C@H](CO)[C@@H](O)[C@H](O)[C@H]7O)[C@@H](O)[C@H](O)[C@H]6O)C5(C)C)[C@]4(C)CC[C@]23C)C(C)(C)O)[C@H](O[C@@H]2O[C@H](CO)[C@@H](O)[C@H](O)[C@H]2O)[C@@H](O)[C@@H]1O. The molecule has 0 aromatic rings. The fraction of sp³-hybridized carbons (Fsp3) is 0.964. The first kappa shape index (κ1) is 61.9. The van der Waals surface area contributed by atoms with E-state index in [1.165, 1.54) is 5.57 Å². The number of hydrogen-bond acceptors (Lipinski definition) is 22. The molecule has 4 aliphatic heterocycles. The quantitative estimate of drug-likeness (QED) is 0.0794. The number of rotatable bonds is 17. The molecular weight excluding hydrogens is 1010 g/mol. The molecule has 4 aliphatic carbocycles. The van der Waals surface area contributed by atoms with Gasteiger partial charge in [0.1, 0.15) is 91.6 Å². The molecule has 77 heavy (non-hydrogen) atoms. The fourth-order valence-corrected chi connectivity index (χ4v) is 15.8. The molecule has 2 unspecified atom stereocenters. The first-order valence-corrected chi connectivity index (χ1v) is 28.3. The lowest BCUT2D eigenvalue weighted by atomic mass is 9.39. The first-order valence-electron chi connectivity index (χ1n) is 28.3. The van der Waals surface area contributed by atoms with Gasteiger partial charge in [-0.2, -0.15) is 0 Å². The molecule has 14 N–H and O–H groups in total. The van der Waals surface area contributed by atoms with Crippen LogP contribution >= 0.6 is 0 Å². The summed E-state index contributed by atoms with van der Waals surface area (Å²) in [6.07, 6.45) is -21.0. The number of allylic oxidation sites excluding steroid dienone is 1. The van der Waals surface area contributed by atoms with E-state index in [2.05, 4.69) is 47.6 Å². The van der Waals surface area contributed by atoms with E-state index in [1.807, 2.05) is 0 Å². The molecule has 0 aromatic carbocycles. The van der Waals surface area contributed by atoms with Crippen molar-refractivity contribution in [2.45, 2.75) is 267 Å². The van der Waals surface area contributed by atoms with Gasteiger partial charge in [0.05, 0.1) is 43.7 Å². The van der Waals surface area contributed by atoms with Gasteiger partial charge in [-0.25, -0.2) is 0 Å². The zero-order chi connectivity index (χ0) is 56.6. The Balaban J connectivity index is 0.925. The Labute approximate surface area is 452 Å². The van der Waals surface area contributed by atoms with Gasteiger partial charge in [0, 0.05) is 5.41 Å². The number of ether oxygens (including phenoxy) is 8. The van der Waals surface area contributed by atoms with Crippen LogP contribution in [0.5, 0.6) is 0 Å². The predicted octanol–water partition coefficient (Wildman–Crippen LogP) is -0.785. The summed E-state index contributed by atoms with van der Waals surface area (Å²) < 4.78 is 48.2. The summed E-state index contributed by atoms with van der Waals surface area (Å²) in [4.78, 5) is 0. The highest BCUT2D eigenvalue weighted by molar-refractivity contribution is 5.30. The minimum Gasteiger partial charge on any atom is -0.394 e. The molecule has 0 bridgehead atoms. The molecule has 4 saturated heterocycles. The summed E-state index contributed by atoms with van der Waals surface area (Å²) in [6.45, 7) is 17.2. The highest BCUT2D eigenvalue weighted by Gasteiger charge is 2.68. The molecule has 8 aliphatic rings. The normalized spacial score (nSPS) is 51.0. The zero-order valence-corrected chi connectivity index (χ0v) is 46.3.